The summed E-state index contributed by atoms with van der Waals surface area (Å²) in [4.78, 5) is 4.17. The number of hydrogen-bond acceptors (Lipinski definition) is 3. The molecule has 0 rings (SSSR count). The van der Waals surface area contributed by atoms with Crippen LogP contribution in [-0.4, -0.2) is 18.8 Å². The lowest BCUT2D eigenvalue weighted by Gasteiger charge is -2.26. The lowest BCUT2D eigenvalue weighted by atomic mass is 9.80. The van der Waals surface area contributed by atoms with Crippen molar-refractivity contribution in [1.29, 1.82) is 5.26 Å². The molecule has 0 aliphatic heterocycles. The minimum absolute atomic E-state index is 0.0806. The van der Waals surface area contributed by atoms with Crippen LogP contribution in [-0.2, 0) is 0 Å². The van der Waals surface area contributed by atoms with Crippen molar-refractivity contribution in [2.75, 3.05) is 7.05 Å². The molecule has 0 radical (unpaired) electrons. The molecule has 2 N–H and O–H groups in total. The third kappa shape index (κ3) is 3.16. The third-order valence-corrected chi connectivity index (χ3v) is 1.97. The zero-order chi connectivity index (χ0) is 10.6. The fourth-order valence-electron chi connectivity index (χ4n) is 1.37. The van der Waals surface area contributed by atoms with Gasteiger partial charge in [0.25, 0.3) is 0 Å². The first-order chi connectivity index (χ1) is 5.84. The first kappa shape index (κ1) is 12.1. The van der Waals surface area contributed by atoms with E-state index in [4.69, 9.17) is 11.0 Å². The van der Waals surface area contributed by atoms with Crippen LogP contribution in [0.4, 0.5) is 0 Å². The fourth-order valence-corrected chi connectivity index (χ4v) is 1.37. The van der Waals surface area contributed by atoms with Crippen molar-refractivity contribution >= 4 is 5.71 Å². The summed E-state index contributed by atoms with van der Waals surface area (Å²) < 4.78 is 0. The van der Waals surface area contributed by atoms with Gasteiger partial charge in [-0.1, -0.05) is 20.8 Å². The zero-order valence-electron chi connectivity index (χ0n) is 9.13. The van der Waals surface area contributed by atoms with E-state index in [1.807, 2.05) is 27.7 Å². The number of nitriles is 1. The van der Waals surface area contributed by atoms with Crippen LogP contribution < -0.4 is 5.73 Å². The van der Waals surface area contributed by atoms with Gasteiger partial charge in [0.15, 0.2) is 0 Å². The van der Waals surface area contributed by atoms with Crippen molar-refractivity contribution in [3.05, 3.63) is 0 Å². The summed E-state index contributed by atoms with van der Waals surface area (Å²) >= 11 is 0. The van der Waals surface area contributed by atoms with E-state index >= 15 is 0 Å². The smallest absolute Gasteiger partial charge is 0.0993 e. The van der Waals surface area contributed by atoms with Gasteiger partial charge in [-0.3, -0.25) is 4.99 Å². The third-order valence-electron chi connectivity index (χ3n) is 1.97. The number of nitrogens with two attached hydrogens (primary N) is 1. The first-order valence-corrected chi connectivity index (χ1v) is 4.47. The molecule has 3 heteroatoms. The average Bonchev–Trinajstić information content (AvgIpc) is 1.96. The minimum Gasteiger partial charge on any atom is -0.326 e. The van der Waals surface area contributed by atoms with Crippen LogP contribution in [0.2, 0.25) is 0 Å². The normalized spacial score (nSPS) is 17.8. The Labute approximate surface area is 80.7 Å². The van der Waals surface area contributed by atoms with Crippen LogP contribution in [0.25, 0.3) is 0 Å². The molecule has 0 aromatic rings. The predicted octanol–water partition coefficient (Wildman–Crippen LogP) is 1.59. The summed E-state index contributed by atoms with van der Waals surface area (Å²) in [5.41, 5.74) is 6.52. The second kappa shape index (κ2) is 4.38. The standard InChI is InChI=1S/C10H19N3/c1-7(12)8(6-11)9(13-5)10(2,3)4/h7-8H,12H2,1-5H3. The predicted molar refractivity (Wildman–Crippen MR) is 55.6 cm³/mol. The van der Waals surface area contributed by atoms with E-state index in [0.717, 1.165) is 5.71 Å². The van der Waals surface area contributed by atoms with Gasteiger partial charge in [-0.2, -0.15) is 5.26 Å². The van der Waals surface area contributed by atoms with Crippen molar-refractivity contribution in [2.24, 2.45) is 22.1 Å². The Balaban J connectivity index is 4.91. The lowest BCUT2D eigenvalue weighted by molar-refractivity contribution is 0.534. The van der Waals surface area contributed by atoms with Crippen LogP contribution in [0, 0.1) is 22.7 Å². The van der Waals surface area contributed by atoms with Crippen LogP contribution in [0.3, 0.4) is 0 Å². The molecule has 0 aromatic carbocycles. The van der Waals surface area contributed by atoms with Gasteiger partial charge in [-0.15, -0.1) is 0 Å². The van der Waals surface area contributed by atoms with E-state index in [2.05, 4.69) is 11.1 Å². The number of hydrogen-bond donors (Lipinski definition) is 1. The van der Waals surface area contributed by atoms with Gasteiger partial charge >= 0.3 is 0 Å². The summed E-state index contributed by atoms with van der Waals surface area (Å²) in [6.45, 7) is 7.97. The fraction of sp³-hybridized carbons (Fsp3) is 0.800. The highest BCUT2D eigenvalue weighted by atomic mass is 14.7. The molecule has 0 heterocycles. The SMILES string of the molecule is CN=C(C(C#N)C(C)N)C(C)(C)C. The monoisotopic (exact) mass is 181 g/mol. The van der Waals surface area contributed by atoms with Gasteiger partial charge < -0.3 is 5.73 Å². The van der Waals surface area contributed by atoms with E-state index in [-0.39, 0.29) is 17.4 Å². The molecule has 0 bridgehead atoms. The summed E-state index contributed by atoms with van der Waals surface area (Å²) in [5.74, 6) is -0.273. The van der Waals surface area contributed by atoms with Crippen molar-refractivity contribution < 1.29 is 0 Å². The second-order valence-electron chi connectivity index (χ2n) is 4.32. The summed E-state index contributed by atoms with van der Waals surface area (Å²) in [5, 5.41) is 8.95. The largest absolute Gasteiger partial charge is 0.326 e. The van der Waals surface area contributed by atoms with Gasteiger partial charge in [-0.25, -0.2) is 0 Å². The Kier molecular flexibility index (Phi) is 4.09. The summed E-state index contributed by atoms with van der Waals surface area (Å²) in [6.07, 6.45) is 0. The van der Waals surface area contributed by atoms with Gasteiger partial charge in [0.2, 0.25) is 0 Å². The topological polar surface area (TPSA) is 62.2 Å². The van der Waals surface area contributed by atoms with Crippen molar-refractivity contribution in [3.63, 3.8) is 0 Å². The summed E-state index contributed by atoms with van der Waals surface area (Å²) in [6, 6.07) is 2.04. The molecular weight excluding hydrogens is 162 g/mol. The van der Waals surface area contributed by atoms with Gasteiger partial charge in [0.05, 0.1) is 12.0 Å². The molecule has 0 fully saturated rings. The maximum absolute atomic E-state index is 8.95. The Morgan fingerprint density at radius 3 is 2.00 bits per heavy atom. The molecule has 3 nitrogen and oxygen atoms in total. The second-order valence-corrected chi connectivity index (χ2v) is 4.32. The molecule has 0 saturated heterocycles. The highest BCUT2D eigenvalue weighted by Crippen LogP contribution is 2.22. The molecule has 13 heavy (non-hydrogen) atoms. The van der Waals surface area contributed by atoms with Gasteiger partial charge in [0.1, 0.15) is 0 Å². The first-order valence-electron chi connectivity index (χ1n) is 4.47. The highest BCUT2D eigenvalue weighted by Gasteiger charge is 2.28. The molecule has 2 atom stereocenters. The van der Waals surface area contributed by atoms with Crippen LogP contribution in [0.15, 0.2) is 4.99 Å². The van der Waals surface area contributed by atoms with E-state index in [0.29, 0.717) is 0 Å². The maximum atomic E-state index is 8.95. The molecule has 2 unspecified atom stereocenters. The van der Waals surface area contributed by atoms with E-state index in [1.165, 1.54) is 0 Å². The quantitative estimate of drug-likeness (QED) is 0.657. The van der Waals surface area contributed by atoms with E-state index in [1.54, 1.807) is 7.05 Å². The molecule has 0 amide bonds. The molecule has 0 saturated carbocycles. The maximum Gasteiger partial charge on any atom is 0.0993 e. The Bertz CT molecular complexity index is 228. The molecular formula is C10H19N3. The average molecular weight is 181 g/mol. The van der Waals surface area contributed by atoms with Gasteiger partial charge in [-0.05, 0) is 6.92 Å². The molecule has 0 aromatic heterocycles. The van der Waals surface area contributed by atoms with Crippen molar-refractivity contribution in [3.8, 4) is 6.07 Å². The summed E-state index contributed by atoms with van der Waals surface area (Å²) in [7, 11) is 1.72. The Morgan fingerprint density at radius 2 is 1.92 bits per heavy atom. The zero-order valence-corrected chi connectivity index (χ0v) is 9.13. The van der Waals surface area contributed by atoms with E-state index in [9.17, 15) is 0 Å². The highest BCUT2D eigenvalue weighted by molar-refractivity contribution is 5.93. The number of nitrogens with zero attached hydrogens (tertiary/aromatic N) is 2. The number of aliphatic imine (C=N–C) groups is 1. The Morgan fingerprint density at radius 1 is 1.46 bits per heavy atom. The van der Waals surface area contributed by atoms with Crippen LogP contribution in [0.1, 0.15) is 27.7 Å². The molecule has 0 aliphatic carbocycles. The Hall–Kier alpha value is -0.880. The van der Waals surface area contributed by atoms with E-state index < -0.39 is 0 Å². The lowest BCUT2D eigenvalue weighted by Crippen LogP contribution is -2.38. The van der Waals surface area contributed by atoms with Crippen molar-refractivity contribution in [2.45, 2.75) is 33.7 Å². The van der Waals surface area contributed by atoms with Crippen LogP contribution >= 0.6 is 0 Å². The molecule has 0 spiro atoms. The van der Waals surface area contributed by atoms with Crippen LogP contribution in [0.5, 0.6) is 0 Å². The van der Waals surface area contributed by atoms with Gasteiger partial charge in [0, 0.05) is 24.2 Å². The number of rotatable bonds is 2. The molecule has 0 aliphatic rings. The molecule has 74 valence electrons. The minimum atomic E-state index is -0.273. The van der Waals surface area contributed by atoms with Crippen molar-refractivity contribution in [1.82, 2.24) is 0 Å².